The molecule has 27 heavy (non-hydrogen) atoms. The summed E-state index contributed by atoms with van der Waals surface area (Å²) in [5.41, 5.74) is 4.03. The van der Waals surface area contributed by atoms with Gasteiger partial charge < -0.3 is 15.8 Å². The van der Waals surface area contributed by atoms with Gasteiger partial charge in [-0.25, -0.2) is 19.6 Å². The number of halogens is 2. The fraction of sp³-hybridized carbons (Fsp3) is 0.750. The fourth-order valence-electron chi connectivity index (χ4n) is 1.95. The molecule has 0 fully saturated rings. The van der Waals surface area contributed by atoms with Crippen LogP contribution in [-0.4, -0.2) is 52.6 Å². The van der Waals surface area contributed by atoms with E-state index in [1.807, 2.05) is 0 Å². The Morgan fingerprint density at radius 1 is 1.19 bits per heavy atom. The maximum absolute atomic E-state index is 13.3. The zero-order valence-corrected chi connectivity index (χ0v) is 16.9. The number of hydrogen-bond acceptors (Lipinski definition) is 6. The van der Waals surface area contributed by atoms with Gasteiger partial charge in [0.2, 0.25) is 5.91 Å². The molecule has 0 bridgehead atoms. The number of nitrogens with one attached hydrogen (secondary N) is 2. The van der Waals surface area contributed by atoms with Gasteiger partial charge in [0.25, 0.3) is 17.4 Å². The molecule has 2 atom stereocenters. The van der Waals surface area contributed by atoms with Crippen LogP contribution in [0.2, 0.25) is 0 Å². The first-order chi connectivity index (χ1) is 12.2. The summed E-state index contributed by atoms with van der Waals surface area (Å²) in [6, 6.07) is -1.18. The largest absolute Gasteiger partial charge is 0.444 e. The maximum Gasteiger partial charge on any atom is 0.408 e. The van der Waals surface area contributed by atoms with Crippen molar-refractivity contribution in [3.63, 3.8) is 0 Å². The lowest BCUT2D eigenvalue weighted by Gasteiger charge is -2.28. The second kappa shape index (κ2) is 11.0. The smallest absolute Gasteiger partial charge is 0.408 e. The first-order valence-corrected chi connectivity index (χ1v) is 8.85. The SMILES string of the molecule is CC(C)CC(NC(=O)OC(C)(C)C)C(=O)N(NCCC(N)=O)C(=O)C(F)Cl. The van der Waals surface area contributed by atoms with Gasteiger partial charge in [-0.2, -0.15) is 0 Å². The molecule has 0 aliphatic rings. The van der Waals surface area contributed by atoms with Gasteiger partial charge >= 0.3 is 6.09 Å². The zero-order valence-electron chi connectivity index (χ0n) is 16.2. The number of rotatable bonds is 9. The summed E-state index contributed by atoms with van der Waals surface area (Å²) < 4.78 is 18.4. The molecule has 0 aromatic rings. The Balaban J connectivity index is 5.40. The third-order valence-corrected chi connectivity index (χ3v) is 3.15. The molecule has 11 heteroatoms. The number of nitrogens with two attached hydrogens (primary N) is 1. The Hall–Kier alpha value is -1.94. The number of carbonyl (C=O) groups excluding carboxylic acids is 4. The first kappa shape index (κ1) is 25.1. The van der Waals surface area contributed by atoms with Crippen LogP contribution in [0.3, 0.4) is 0 Å². The molecule has 0 aromatic carbocycles. The summed E-state index contributed by atoms with van der Waals surface area (Å²) in [6.07, 6.45) is -0.919. The average Bonchev–Trinajstić information content (AvgIpc) is 2.46. The summed E-state index contributed by atoms with van der Waals surface area (Å²) in [4.78, 5) is 47.5. The van der Waals surface area contributed by atoms with Gasteiger partial charge in [0.05, 0.1) is 0 Å². The number of carbonyl (C=O) groups is 4. The zero-order chi connectivity index (χ0) is 21.4. The summed E-state index contributed by atoms with van der Waals surface area (Å²) in [5, 5.41) is 2.73. The number of alkyl carbamates (subject to hydrolysis) is 1. The van der Waals surface area contributed by atoms with E-state index in [1.54, 1.807) is 34.6 Å². The van der Waals surface area contributed by atoms with Crippen molar-refractivity contribution >= 4 is 35.4 Å². The Morgan fingerprint density at radius 3 is 2.15 bits per heavy atom. The molecule has 4 amide bonds. The predicted octanol–water partition coefficient (Wildman–Crippen LogP) is 1.20. The molecule has 0 heterocycles. The second-order valence-corrected chi connectivity index (χ2v) is 7.65. The van der Waals surface area contributed by atoms with E-state index in [1.165, 1.54) is 0 Å². The van der Waals surface area contributed by atoms with Crippen LogP contribution in [0.1, 0.15) is 47.5 Å². The minimum absolute atomic E-state index is 0.0476. The highest BCUT2D eigenvalue weighted by molar-refractivity contribution is 6.30. The van der Waals surface area contributed by atoms with Crippen LogP contribution in [0, 0.1) is 5.92 Å². The van der Waals surface area contributed by atoms with Crippen molar-refractivity contribution in [1.82, 2.24) is 15.8 Å². The standard InChI is InChI=1S/C16H28ClFN4O5/c1-9(2)8-10(21-15(26)27-16(3,4)5)13(24)22(14(25)12(17)18)20-7-6-11(19)23/h9-10,12,20H,6-8H2,1-5H3,(H2,19,23)(H,21,26). The Labute approximate surface area is 163 Å². The van der Waals surface area contributed by atoms with Gasteiger partial charge in [-0.05, 0) is 33.1 Å². The predicted molar refractivity (Wildman–Crippen MR) is 97.0 cm³/mol. The van der Waals surface area contributed by atoms with E-state index in [-0.39, 0.29) is 25.3 Å². The fourth-order valence-corrected chi connectivity index (χ4v) is 2.05. The average molecular weight is 411 g/mol. The van der Waals surface area contributed by atoms with Crippen LogP contribution in [0.4, 0.5) is 9.18 Å². The molecule has 0 aromatic heterocycles. The van der Waals surface area contributed by atoms with Crippen LogP contribution in [0.25, 0.3) is 0 Å². The summed E-state index contributed by atoms with van der Waals surface area (Å²) in [5.74, 6) is -3.04. The van der Waals surface area contributed by atoms with Crippen molar-refractivity contribution in [2.45, 2.75) is 64.7 Å². The van der Waals surface area contributed by atoms with E-state index in [9.17, 15) is 23.6 Å². The second-order valence-electron chi connectivity index (χ2n) is 7.27. The van der Waals surface area contributed by atoms with Gasteiger partial charge in [-0.3, -0.25) is 14.4 Å². The van der Waals surface area contributed by atoms with Crippen molar-refractivity contribution in [2.24, 2.45) is 11.7 Å². The van der Waals surface area contributed by atoms with E-state index < -0.39 is 41.1 Å². The van der Waals surface area contributed by atoms with Crippen LogP contribution in [0.15, 0.2) is 0 Å². The van der Waals surface area contributed by atoms with Crippen LogP contribution in [-0.2, 0) is 19.1 Å². The molecule has 0 saturated heterocycles. The molecule has 2 unspecified atom stereocenters. The molecule has 0 rings (SSSR count). The molecule has 0 aliphatic heterocycles. The van der Waals surface area contributed by atoms with Crippen molar-refractivity contribution in [2.75, 3.05) is 6.54 Å². The van der Waals surface area contributed by atoms with Crippen LogP contribution >= 0.6 is 11.6 Å². The molecular formula is C16H28ClFN4O5. The number of alkyl halides is 2. The van der Waals surface area contributed by atoms with Crippen LogP contribution in [0.5, 0.6) is 0 Å². The van der Waals surface area contributed by atoms with Gasteiger partial charge in [0.15, 0.2) is 0 Å². The molecule has 9 nitrogen and oxygen atoms in total. The number of hydrogen-bond donors (Lipinski definition) is 3. The highest BCUT2D eigenvalue weighted by Crippen LogP contribution is 2.12. The number of nitrogens with zero attached hydrogens (tertiary/aromatic N) is 1. The van der Waals surface area contributed by atoms with E-state index in [2.05, 4.69) is 10.7 Å². The summed E-state index contributed by atoms with van der Waals surface area (Å²) in [6.45, 7) is 8.33. The number of amides is 4. The maximum atomic E-state index is 13.3. The number of hydrazine groups is 1. The first-order valence-electron chi connectivity index (χ1n) is 8.42. The Kier molecular flexibility index (Phi) is 10.2. The van der Waals surface area contributed by atoms with E-state index >= 15 is 0 Å². The van der Waals surface area contributed by atoms with E-state index in [0.29, 0.717) is 5.01 Å². The van der Waals surface area contributed by atoms with Crippen molar-refractivity contribution in [1.29, 1.82) is 0 Å². The van der Waals surface area contributed by atoms with Gasteiger partial charge in [-0.15, -0.1) is 0 Å². The summed E-state index contributed by atoms with van der Waals surface area (Å²) >= 11 is 5.16. The molecular weight excluding hydrogens is 383 g/mol. The number of primary amides is 1. The molecule has 0 spiro atoms. The normalized spacial score (nSPS) is 13.6. The molecule has 0 aliphatic carbocycles. The minimum Gasteiger partial charge on any atom is -0.444 e. The van der Waals surface area contributed by atoms with Gasteiger partial charge in [0.1, 0.15) is 11.6 Å². The highest BCUT2D eigenvalue weighted by atomic mass is 35.5. The number of imide groups is 1. The lowest BCUT2D eigenvalue weighted by Crippen LogP contribution is -2.58. The van der Waals surface area contributed by atoms with Crippen molar-refractivity contribution < 1.29 is 28.3 Å². The van der Waals surface area contributed by atoms with Gasteiger partial charge in [0, 0.05) is 13.0 Å². The molecule has 156 valence electrons. The highest BCUT2D eigenvalue weighted by Gasteiger charge is 2.34. The molecule has 0 saturated carbocycles. The quantitative estimate of drug-likeness (QED) is 0.386. The Bertz CT molecular complexity index is 551. The third kappa shape index (κ3) is 10.7. The monoisotopic (exact) mass is 410 g/mol. The van der Waals surface area contributed by atoms with Crippen molar-refractivity contribution in [3.05, 3.63) is 0 Å². The van der Waals surface area contributed by atoms with Gasteiger partial charge in [-0.1, -0.05) is 25.4 Å². The van der Waals surface area contributed by atoms with E-state index in [4.69, 9.17) is 22.1 Å². The number of ether oxygens (including phenoxy) is 1. The summed E-state index contributed by atoms with van der Waals surface area (Å²) in [7, 11) is 0. The lowest BCUT2D eigenvalue weighted by molar-refractivity contribution is -0.152. The Morgan fingerprint density at radius 2 is 1.74 bits per heavy atom. The molecule has 0 radical (unpaired) electrons. The topological polar surface area (TPSA) is 131 Å². The van der Waals surface area contributed by atoms with Crippen LogP contribution < -0.4 is 16.5 Å². The third-order valence-electron chi connectivity index (χ3n) is 2.96. The van der Waals surface area contributed by atoms with E-state index in [0.717, 1.165) is 0 Å². The van der Waals surface area contributed by atoms with Crippen molar-refractivity contribution in [3.8, 4) is 0 Å². The lowest BCUT2D eigenvalue weighted by atomic mass is 10.0. The molecule has 4 N–H and O–H groups in total. The minimum atomic E-state index is -2.49.